The Kier molecular flexibility index (Phi) is 4.52. The molecule has 0 spiro atoms. The molecule has 0 atom stereocenters. The van der Waals surface area contributed by atoms with Crippen molar-refractivity contribution in [1.29, 1.82) is 0 Å². The van der Waals surface area contributed by atoms with Crippen molar-refractivity contribution in [3.63, 3.8) is 0 Å². The van der Waals surface area contributed by atoms with Gasteiger partial charge in [0.15, 0.2) is 0 Å². The number of nitrogens with zero attached hydrogens (tertiary/aromatic N) is 4. The van der Waals surface area contributed by atoms with Crippen LogP contribution in [0.2, 0.25) is 0 Å². The van der Waals surface area contributed by atoms with Gasteiger partial charge in [-0.15, -0.1) is 9.94 Å². The summed E-state index contributed by atoms with van der Waals surface area (Å²) in [7, 11) is 3.18. The average molecular weight is 380 g/mol. The van der Waals surface area contributed by atoms with Crippen LogP contribution in [0.5, 0.6) is 11.5 Å². The Bertz CT molecular complexity index is 995. The van der Waals surface area contributed by atoms with Crippen LogP contribution >= 0.6 is 0 Å². The van der Waals surface area contributed by atoms with Crippen LogP contribution in [0.25, 0.3) is 0 Å². The summed E-state index contributed by atoms with van der Waals surface area (Å²) >= 11 is 0. The molecule has 0 aliphatic carbocycles. The predicted molar refractivity (Wildman–Crippen MR) is 102 cm³/mol. The highest BCUT2D eigenvalue weighted by molar-refractivity contribution is 6.02. The number of aromatic nitrogens is 2. The fourth-order valence-electron chi connectivity index (χ4n) is 3.33. The van der Waals surface area contributed by atoms with E-state index >= 15 is 0 Å². The van der Waals surface area contributed by atoms with Crippen LogP contribution in [0.4, 0.5) is 11.4 Å². The maximum atomic E-state index is 13.1. The first-order valence-corrected chi connectivity index (χ1v) is 8.71. The van der Waals surface area contributed by atoms with Crippen LogP contribution < -0.4 is 14.4 Å². The van der Waals surface area contributed by atoms with Gasteiger partial charge in [0.1, 0.15) is 11.5 Å². The van der Waals surface area contributed by atoms with Crippen molar-refractivity contribution in [2.24, 2.45) is 0 Å². The number of hydrogen-bond acceptors (Lipinski definition) is 6. The molecule has 0 bridgehead atoms. The lowest BCUT2D eigenvalue weighted by Crippen LogP contribution is -2.44. The molecule has 144 valence electrons. The standard InChI is InChI=1S/C20H20N4O4/c1-27-16-7-14(8-17(9-16)28-2)11-22-13-23(15-10-21-24(26)12-15)19-6-4-3-5-18(19)20(22)25/h3-10,12,26H,11,13H2,1-2H3. The molecule has 8 nitrogen and oxygen atoms in total. The second-order valence-corrected chi connectivity index (χ2v) is 6.43. The number of hydrogen-bond donors (Lipinski definition) is 1. The van der Waals surface area contributed by atoms with Crippen molar-refractivity contribution < 1.29 is 19.5 Å². The number of fused-ring (bicyclic) bond motifs is 1. The zero-order chi connectivity index (χ0) is 19.7. The molecule has 0 fully saturated rings. The van der Waals surface area contributed by atoms with Crippen molar-refractivity contribution in [1.82, 2.24) is 14.8 Å². The van der Waals surface area contributed by atoms with Gasteiger partial charge in [-0.1, -0.05) is 12.1 Å². The molecule has 1 aliphatic rings. The second kappa shape index (κ2) is 7.15. The molecule has 1 amide bonds. The van der Waals surface area contributed by atoms with Crippen LogP contribution in [-0.2, 0) is 6.54 Å². The number of anilines is 2. The van der Waals surface area contributed by atoms with Crippen molar-refractivity contribution >= 4 is 17.3 Å². The summed E-state index contributed by atoms with van der Waals surface area (Å²) in [6.07, 6.45) is 3.05. The minimum Gasteiger partial charge on any atom is -0.497 e. The highest BCUT2D eigenvalue weighted by atomic mass is 16.5. The smallest absolute Gasteiger partial charge is 0.257 e. The Morgan fingerprint density at radius 2 is 1.82 bits per heavy atom. The van der Waals surface area contributed by atoms with Gasteiger partial charge >= 0.3 is 0 Å². The average Bonchev–Trinajstić information content (AvgIpc) is 3.16. The summed E-state index contributed by atoms with van der Waals surface area (Å²) in [6.45, 7) is 0.700. The van der Waals surface area contributed by atoms with Gasteiger partial charge in [-0.05, 0) is 29.8 Å². The molecule has 2 aromatic carbocycles. The third-order valence-electron chi connectivity index (χ3n) is 4.68. The molecule has 8 heteroatoms. The van der Waals surface area contributed by atoms with Crippen molar-refractivity contribution in [3.8, 4) is 11.5 Å². The first kappa shape index (κ1) is 17.7. The fourth-order valence-corrected chi connectivity index (χ4v) is 3.33. The van der Waals surface area contributed by atoms with Crippen molar-refractivity contribution in [2.45, 2.75) is 6.54 Å². The van der Waals surface area contributed by atoms with E-state index in [1.807, 2.05) is 35.2 Å². The number of amides is 1. The van der Waals surface area contributed by atoms with E-state index in [4.69, 9.17) is 9.47 Å². The molecule has 4 rings (SSSR count). The van der Waals surface area contributed by atoms with Crippen LogP contribution in [0.1, 0.15) is 15.9 Å². The quantitative estimate of drug-likeness (QED) is 0.686. The summed E-state index contributed by atoms with van der Waals surface area (Å²) in [5, 5.41) is 13.4. The molecule has 2 heterocycles. The molecule has 1 aromatic heterocycles. The molecule has 3 aromatic rings. The lowest BCUT2D eigenvalue weighted by atomic mass is 10.1. The molecule has 0 radical (unpaired) electrons. The van der Waals surface area contributed by atoms with E-state index in [1.165, 1.54) is 6.20 Å². The Morgan fingerprint density at radius 3 is 2.46 bits per heavy atom. The Morgan fingerprint density at radius 1 is 1.11 bits per heavy atom. The maximum absolute atomic E-state index is 13.1. The number of ether oxygens (including phenoxy) is 2. The van der Waals surface area contributed by atoms with E-state index in [1.54, 1.807) is 37.4 Å². The highest BCUT2D eigenvalue weighted by Gasteiger charge is 2.30. The number of rotatable bonds is 5. The fraction of sp³-hybridized carbons (Fsp3) is 0.200. The lowest BCUT2D eigenvalue weighted by Gasteiger charge is -2.37. The summed E-state index contributed by atoms with van der Waals surface area (Å²) < 4.78 is 10.7. The molecule has 1 aliphatic heterocycles. The summed E-state index contributed by atoms with van der Waals surface area (Å²) in [5.41, 5.74) is 2.95. The lowest BCUT2D eigenvalue weighted by molar-refractivity contribution is 0.0734. The monoisotopic (exact) mass is 380 g/mol. The van der Waals surface area contributed by atoms with Gasteiger partial charge < -0.3 is 24.5 Å². The predicted octanol–water partition coefficient (Wildman–Crippen LogP) is 2.89. The molecular formula is C20H20N4O4. The molecule has 0 saturated heterocycles. The van der Waals surface area contributed by atoms with Gasteiger partial charge in [-0.3, -0.25) is 4.79 Å². The largest absolute Gasteiger partial charge is 0.497 e. The molecule has 0 unspecified atom stereocenters. The Hall–Kier alpha value is -3.68. The van der Waals surface area contributed by atoms with Crippen LogP contribution in [0, 0.1) is 0 Å². The van der Waals surface area contributed by atoms with E-state index < -0.39 is 0 Å². The third-order valence-corrected chi connectivity index (χ3v) is 4.68. The Balaban J connectivity index is 1.70. The van der Waals surface area contributed by atoms with E-state index in [-0.39, 0.29) is 5.91 Å². The minimum absolute atomic E-state index is 0.0648. The van der Waals surface area contributed by atoms with E-state index in [0.717, 1.165) is 16.1 Å². The molecule has 0 saturated carbocycles. The minimum atomic E-state index is -0.0648. The van der Waals surface area contributed by atoms with Crippen LogP contribution in [-0.4, -0.2) is 46.8 Å². The van der Waals surface area contributed by atoms with E-state index in [0.29, 0.717) is 36.0 Å². The molecule has 28 heavy (non-hydrogen) atoms. The number of benzene rings is 2. The number of carbonyl (C=O) groups is 1. The number of para-hydroxylation sites is 1. The van der Waals surface area contributed by atoms with Gasteiger partial charge in [-0.25, -0.2) is 0 Å². The summed E-state index contributed by atoms with van der Waals surface area (Å²) in [6, 6.07) is 12.9. The zero-order valence-corrected chi connectivity index (χ0v) is 15.6. The third kappa shape index (κ3) is 3.20. The van der Waals surface area contributed by atoms with E-state index in [2.05, 4.69) is 5.10 Å². The normalized spacial score (nSPS) is 13.4. The highest BCUT2D eigenvalue weighted by Crippen LogP contribution is 2.34. The topological polar surface area (TPSA) is 80.1 Å². The first-order valence-electron chi connectivity index (χ1n) is 8.71. The van der Waals surface area contributed by atoms with Crippen molar-refractivity contribution in [3.05, 3.63) is 66.0 Å². The van der Waals surface area contributed by atoms with Crippen LogP contribution in [0.3, 0.4) is 0 Å². The first-order chi connectivity index (χ1) is 13.6. The summed E-state index contributed by atoms with van der Waals surface area (Å²) in [4.78, 5) is 17.5. The number of carbonyl (C=O) groups excluding carboxylic acids is 1. The van der Waals surface area contributed by atoms with Gasteiger partial charge in [0.2, 0.25) is 0 Å². The molecular weight excluding hydrogens is 360 g/mol. The van der Waals surface area contributed by atoms with Gasteiger partial charge in [-0.2, -0.15) is 0 Å². The zero-order valence-electron chi connectivity index (χ0n) is 15.6. The number of methoxy groups -OCH3 is 2. The van der Waals surface area contributed by atoms with Crippen LogP contribution in [0.15, 0.2) is 54.9 Å². The van der Waals surface area contributed by atoms with Gasteiger partial charge in [0.05, 0.1) is 50.2 Å². The van der Waals surface area contributed by atoms with Gasteiger partial charge in [0.25, 0.3) is 5.91 Å². The van der Waals surface area contributed by atoms with Crippen molar-refractivity contribution in [2.75, 3.05) is 25.8 Å². The SMILES string of the molecule is COc1cc(CN2CN(c3cnn(O)c3)c3ccccc3C2=O)cc(OC)c1. The van der Waals surface area contributed by atoms with E-state index in [9.17, 15) is 10.0 Å². The maximum Gasteiger partial charge on any atom is 0.257 e. The Labute approximate surface area is 162 Å². The molecule has 1 N–H and O–H groups in total. The second-order valence-electron chi connectivity index (χ2n) is 6.43. The summed E-state index contributed by atoms with van der Waals surface area (Å²) in [5.74, 6) is 1.26. The van der Waals surface area contributed by atoms with Gasteiger partial charge in [0, 0.05) is 12.6 Å².